The zero-order valence-corrected chi connectivity index (χ0v) is 14.5. The van der Waals surface area contributed by atoms with Gasteiger partial charge in [-0.05, 0) is 12.1 Å². The van der Waals surface area contributed by atoms with Gasteiger partial charge in [-0.3, -0.25) is 19.6 Å². The number of aromatic nitrogens is 2. The van der Waals surface area contributed by atoms with Crippen molar-refractivity contribution in [2.45, 2.75) is 6.54 Å². The Morgan fingerprint density at radius 1 is 1.19 bits per heavy atom. The summed E-state index contributed by atoms with van der Waals surface area (Å²) < 4.78 is 1.68. The molecule has 7 nitrogen and oxygen atoms in total. The van der Waals surface area contributed by atoms with E-state index in [-0.39, 0.29) is 11.5 Å². The number of aryl methyl sites for hydroxylation is 1. The third kappa shape index (κ3) is 3.61. The average molecular weight is 350 g/mol. The molecule has 1 aromatic heterocycles. The molecule has 0 amide bonds. The number of hydrogen-bond acceptors (Lipinski definition) is 5. The molecule has 0 spiro atoms. The van der Waals surface area contributed by atoms with Crippen LogP contribution in [-0.2, 0) is 13.6 Å². The fourth-order valence-corrected chi connectivity index (χ4v) is 2.80. The molecule has 0 bridgehead atoms. The predicted octanol–water partition coefficient (Wildman–Crippen LogP) is 3.20. The molecule has 0 saturated heterocycles. The maximum absolute atomic E-state index is 12.5. The van der Waals surface area contributed by atoms with Crippen LogP contribution in [0.15, 0.2) is 60.9 Å². The second-order valence-corrected chi connectivity index (χ2v) is 6.03. The minimum Gasteiger partial charge on any atom is -0.365 e. The standard InChI is InChI=1S/C19H18N4O3/c1-21(12-14-11-20-22(2)13-14)17-9-8-16(10-18(17)23(25)26)19(24)15-6-4-3-5-7-15/h3-11,13H,12H2,1-2H3. The highest BCUT2D eigenvalue weighted by molar-refractivity contribution is 6.09. The van der Waals surface area contributed by atoms with Gasteiger partial charge in [0.1, 0.15) is 5.69 Å². The number of benzene rings is 2. The molecule has 26 heavy (non-hydrogen) atoms. The summed E-state index contributed by atoms with van der Waals surface area (Å²) in [6.07, 6.45) is 3.57. The van der Waals surface area contributed by atoms with Gasteiger partial charge in [0.15, 0.2) is 5.78 Å². The highest BCUT2D eigenvalue weighted by Gasteiger charge is 2.21. The number of nitro groups is 1. The molecule has 0 saturated carbocycles. The van der Waals surface area contributed by atoms with Gasteiger partial charge in [0.25, 0.3) is 5.69 Å². The Labute approximate surface area is 150 Å². The van der Waals surface area contributed by atoms with Gasteiger partial charge in [-0.1, -0.05) is 30.3 Å². The number of ketones is 1. The van der Waals surface area contributed by atoms with E-state index in [4.69, 9.17) is 0 Å². The number of carbonyl (C=O) groups excluding carboxylic acids is 1. The lowest BCUT2D eigenvalue weighted by atomic mass is 10.0. The molecule has 3 rings (SSSR count). The highest BCUT2D eigenvalue weighted by atomic mass is 16.6. The van der Waals surface area contributed by atoms with Gasteiger partial charge >= 0.3 is 0 Å². The first-order valence-electron chi connectivity index (χ1n) is 8.02. The minimum atomic E-state index is -0.461. The van der Waals surface area contributed by atoms with Crippen molar-refractivity contribution in [1.82, 2.24) is 9.78 Å². The van der Waals surface area contributed by atoms with Crippen LogP contribution in [0.25, 0.3) is 0 Å². The van der Waals surface area contributed by atoms with Crippen molar-refractivity contribution >= 4 is 17.2 Å². The van der Waals surface area contributed by atoms with E-state index in [1.165, 1.54) is 6.07 Å². The van der Waals surface area contributed by atoms with E-state index >= 15 is 0 Å². The summed E-state index contributed by atoms with van der Waals surface area (Å²) in [7, 11) is 3.59. The Morgan fingerprint density at radius 2 is 1.92 bits per heavy atom. The van der Waals surface area contributed by atoms with Crippen molar-refractivity contribution in [3.05, 3.63) is 87.7 Å². The summed E-state index contributed by atoms with van der Waals surface area (Å²) >= 11 is 0. The van der Waals surface area contributed by atoms with Crippen LogP contribution in [0.4, 0.5) is 11.4 Å². The van der Waals surface area contributed by atoms with Crippen molar-refractivity contribution in [2.24, 2.45) is 7.05 Å². The fourth-order valence-electron chi connectivity index (χ4n) is 2.80. The molecule has 0 N–H and O–H groups in total. The van der Waals surface area contributed by atoms with Crippen molar-refractivity contribution < 1.29 is 9.72 Å². The van der Waals surface area contributed by atoms with Gasteiger partial charge in [-0.2, -0.15) is 5.10 Å². The molecule has 1 heterocycles. The van der Waals surface area contributed by atoms with E-state index in [2.05, 4.69) is 5.10 Å². The van der Waals surface area contributed by atoms with Crippen LogP contribution >= 0.6 is 0 Å². The van der Waals surface area contributed by atoms with Gasteiger partial charge in [-0.25, -0.2) is 0 Å². The molecule has 132 valence electrons. The van der Waals surface area contributed by atoms with Crippen molar-refractivity contribution in [3.63, 3.8) is 0 Å². The lowest BCUT2D eigenvalue weighted by Crippen LogP contribution is -2.18. The van der Waals surface area contributed by atoms with Crippen LogP contribution in [0, 0.1) is 10.1 Å². The van der Waals surface area contributed by atoms with E-state index in [9.17, 15) is 14.9 Å². The summed E-state index contributed by atoms with van der Waals surface area (Å²) in [5.41, 5.74) is 2.08. The van der Waals surface area contributed by atoms with Crippen molar-refractivity contribution in [1.29, 1.82) is 0 Å². The molecule has 0 fully saturated rings. The fraction of sp³-hybridized carbons (Fsp3) is 0.158. The second-order valence-electron chi connectivity index (χ2n) is 6.03. The summed E-state index contributed by atoms with van der Waals surface area (Å²) in [5.74, 6) is -0.241. The zero-order chi connectivity index (χ0) is 18.7. The number of carbonyl (C=O) groups is 1. The third-order valence-electron chi connectivity index (χ3n) is 4.06. The average Bonchev–Trinajstić information content (AvgIpc) is 3.06. The van der Waals surface area contributed by atoms with Crippen LogP contribution in [0.3, 0.4) is 0 Å². The molecule has 0 atom stereocenters. The Bertz CT molecular complexity index is 950. The molecule has 0 aliphatic rings. The molecular weight excluding hydrogens is 332 g/mol. The second kappa shape index (κ2) is 7.18. The number of nitrogens with zero attached hydrogens (tertiary/aromatic N) is 4. The van der Waals surface area contributed by atoms with E-state index in [1.807, 2.05) is 19.3 Å². The number of nitro benzene ring substituents is 1. The lowest BCUT2D eigenvalue weighted by molar-refractivity contribution is -0.384. The smallest absolute Gasteiger partial charge is 0.293 e. The zero-order valence-electron chi connectivity index (χ0n) is 14.5. The topological polar surface area (TPSA) is 81.3 Å². The first-order chi connectivity index (χ1) is 12.5. The predicted molar refractivity (Wildman–Crippen MR) is 98.3 cm³/mol. The van der Waals surface area contributed by atoms with Gasteiger partial charge in [-0.15, -0.1) is 0 Å². The van der Waals surface area contributed by atoms with Crippen LogP contribution in [0.1, 0.15) is 21.5 Å². The number of hydrogen-bond donors (Lipinski definition) is 0. The monoisotopic (exact) mass is 350 g/mol. The van der Waals surface area contributed by atoms with Crippen LogP contribution in [0.5, 0.6) is 0 Å². The first-order valence-corrected chi connectivity index (χ1v) is 8.02. The van der Waals surface area contributed by atoms with Gasteiger partial charge < -0.3 is 4.90 Å². The highest BCUT2D eigenvalue weighted by Crippen LogP contribution is 2.30. The maximum Gasteiger partial charge on any atom is 0.293 e. The molecule has 0 aliphatic heterocycles. The van der Waals surface area contributed by atoms with Gasteiger partial charge in [0.2, 0.25) is 0 Å². The summed E-state index contributed by atoms with van der Waals surface area (Å²) in [6.45, 7) is 0.473. The van der Waals surface area contributed by atoms with E-state index in [1.54, 1.807) is 59.2 Å². The maximum atomic E-state index is 12.5. The van der Waals surface area contributed by atoms with Gasteiger partial charge in [0.05, 0.1) is 11.1 Å². The normalized spacial score (nSPS) is 10.5. The summed E-state index contributed by atoms with van der Waals surface area (Å²) in [6, 6.07) is 13.3. The van der Waals surface area contributed by atoms with Gasteiger partial charge in [0, 0.05) is 49.6 Å². The van der Waals surface area contributed by atoms with Crippen LogP contribution in [-0.4, -0.2) is 27.5 Å². The quantitative estimate of drug-likeness (QED) is 0.387. The molecular formula is C19H18N4O3. The third-order valence-corrected chi connectivity index (χ3v) is 4.06. The Kier molecular flexibility index (Phi) is 4.79. The first kappa shape index (κ1) is 17.3. The van der Waals surface area contributed by atoms with E-state index in [0.29, 0.717) is 23.4 Å². The lowest BCUT2D eigenvalue weighted by Gasteiger charge is -2.18. The molecule has 0 unspecified atom stereocenters. The molecule has 3 aromatic rings. The molecule has 0 aliphatic carbocycles. The largest absolute Gasteiger partial charge is 0.365 e. The van der Waals surface area contributed by atoms with E-state index in [0.717, 1.165) is 5.56 Å². The molecule has 0 radical (unpaired) electrons. The Balaban J connectivity index is 1.92. The number of rotatable bonds is 6. The van der Waals surface area contributed by atoms with Crippen LogP contribution in [0.2, 0.25) is 0 Å². The SMILES string of the molecule is CN(Cc1cnn(C)c1)c1ccc(C(=O)c2ccccc2)cc1[N+](=O)[O-]. The summed E-state index contributed by atoms with van der Waals surface area (Å²) in [4.78, 5) is 25.4. The van der Waals surface area contributed by atoms with Crippen molar-refractivity contribution in [2.75, 3.05) is 11.9 Å². The Morgan fingerprint density at radius 3 is 2.54 bits per heavy atom. The summed E-state index contributed by atoms with van der Waals surface area (Å²) in [5, 5.41) is 15.6. The number of anilines is 1. The Hall–Kier alpha value is -3.48. The van der Waals surface area contributed by atoms with Crippen molar-refractivity contribution in [3.8, 4) is 0 Å². The molecule has 2 aromatic carbocycles. The minimum absolute atomic E-state index is 0.0989. The van der Waals surface area contributed by atoms with E-state index < -0.39 is 4.92 Å². The van der Waals surface area contributed by atoms with Crippen LogP contribution < -0.4 is 4.90 Å². The molecule has 7 heteroatoms.